The fourth-order valence-corrected chi connectivity index (χ4v) is 3.23. The number of benzene rings is 2. The van der Waals surface area contributed by atoms with Crippen molar-refractivity contribution in [2.45, 2.75) is 26.2 Å². The first-order valence-corrected chi connectivity index (χ1v) is 9.96. The lowest BCUT2D eigenvalue weighted by Gasteiger charge is -2.17. The van der Waals surface area contributed by atoms with Gasteiger partial charge in [0.05, 0.1) is 12.5 Å². The number of carbonyl (C=O) groups excluding carboxylic acids is 2. The maximum atomic E-state index is 12.6. The number of amides is 2. The first kappa shape index (κ1) is 19.4. The fourth-order valence-electron chi connectivity index (χ4n) is 2.97. The lowest BCUT2D eigenvalue weighted by Crippen LogP contribution is -2.28. The highest BCUT2D eigenvalue weighted by molar-refractivity contribution is 9.10. The van der Waals surface area contributed by atoms with Crippen LogP contribution in [0.2, 0.25) is 0 Å². The zero-order valence-corrected chi connectivity index (χ0v) is 16.9. The van der Waals surface area contributed by atoms with Crippen molar-refractivity contribution in [3.05, 3.63) is 53.0 Å². The minimum Gasteiger partial charge on any atom is -0.494 e. The number of hydrogen-bond acceptors (Lipinski definition) is 3. The number of hydrogen-bond donors (Lipinski definition) is 1. The Morgan fingerprint density at radius 1 is 1.19 bits per heavy atom. The Labute approximate surface area is 167 Å². The molecule has 0 aromatic heterocycles. The summed E-state index contributed by atoms with van der Waals surface area (Å²) < 4.78 is 6.58. The van der Waals surface area contributed by atoms with Crippen molar-refractivity contribution >= 4 is 39.1 Å². The summed E-state index contributed by atoms with van der Waals surface area (Å²) in [6.45, 7) is 3.20. The van der Waals surface area contributed by atoms with Gasteiger partial charge in [-0.15, -0.1) is 0 Å². The molecule has 0 saturated carbocycles. The SMILES string of the molecule is CCCCOc1ccc(NC(=O)[C@@H]2CC(=O)N(c3ccc(Br)cc3)C2)cc1. The van der Waals surface area contributed by atoms with E-state index >= 15 is 0 Å². The second kappa shape index (κ2) is 9.04. The van der Waals surface area contributed by atoms with Gasteiger partial charge in [0, 0.05) is 28.8 Å². The Bertz CT molecular complexity index is 790. The molecular weight excluding hydrogens is 408 g/mol. The van der Waals surface area contributed by atoms with Gasteiger partial charge in [-0.2, -0.15) is 0 Å². The van der Waals surface area contributed by atoms with E-state index in [4.69, 9.17) is 4.74 Å². The summed E-state index contributed by atoms with van der Waals surface area (Å²) in [4.78, 5) is 26.5. The van der Waals surface area contributed by atoms with Crippen LogP contribution < -0.4 is 15.0 Å². The van der Waals surface area contributed by atoms with Crippen LogP contribution in [0.5, 0.6) is 5.75 Å². The molecule has 3 rings (SSSR count). The summed E-state index contributed by atoms with van der Waals surface area (Å²) in [5.41, 5.74) is 1.52. The van der Waals surface area contributed by atoms with Crippen LogP contribution in [0, 0.1) is 5.92 Å². The molecule has 142 valence electrons. The number of anilines is 2. The summed E-state index contributed by atoms with van der Waals surface area (Å²) in [6.07, 6.45) is 2.33. The van der Waals surface area contributed by atoms with E-state index in [0.717, 1.165) is 28.8 Å². The van der Waals surface area contributed by atoms with Crippen LogP contribution in [0.25, 0.3) is 0 Å². The van der Waals surface area contributed by atoms with Gasteiger partial charge in [-0.25, -0.2) is 0 Å². The van der Waals surface area contributed by atoms with Crippen LogP contribution in [0.15, 0.2) is 53.0 Å². The van der Waals surface area contributed by atoms with Crippen molar-refractivity contribution in [3.8, 4) is 5.75 Å². The van der Waals surface area contributed by atoms with Crippen molar-refractivity contribution in [2.24, 2.45) is 5.92 Å². The van der Waals surface area contributed by atoms with Gasteiger partial charge in [0.15, 0.2) is 0 Å². The minimum absolute atomic E-state index is 0.0304. The summed E-state index contributed by atoms with van der Waals surface area (Å²) >= 11 is 3.39. The Kier molecular flexibility index (Phi) is 6.50. The average molecular weight is 431 g/mol. The molecule has 1 aliphatic rings. The van der Waals surface area contributed by atoms with Gasteiger partial charge in [0.2, 0.25) is 11.8 Å². The monoisotopic (exact) mass is 430 g/mol. The minimum atomic E-state index is -0.360. The standard InChI is InChI=1S/C21H23BrN2O3/c1-2-3-12-27-19-10-6-17(7-11-19)23-21(26)15-13-20(25)24(14-15)18-8-4-16(22)5-9-18/h4-11,15H,2-3,12-14H2,1H3,(H,23,26)/t15-/m1/s1. The lowest BCUT2D eigenvalue weighted by molar-refractivity contribution is -0.122. The molecule has 2 aromatic rings. The number of carbonyl (C=O) groups is 2. The predicted octanol–water partition coefficient (Wildman–Crippen LogP) is 4.62. The highest BCUT2D eigenvalue weighted by Crippen LogP contribution is 2.27. The van der Waals surface area contributed by atoms with E-state index in [0.29, 0.717) is 18.8 Å². The maximum Gasteiger partial charge on any atom is 0.229 e. The maximum absolute atomic E-state index is 12.6. The van der Waals surface area contributed by atoms with Crippen molar-refractivity contribution in [3.63, 3.8) is 0 Å². The molecule has 1 N–H and O–H groups in total. The van der Waals surface area contributed by atoms with Crippen molar-refractivity contribution < 1.29 is 14.3 Å². The van der Waals surface area contributed by atoms with Gasteiger partial charge in [-0.3, -0.25) is 9.59 Å². The molecule has 5 nitrogen and oxygen atoms in total. The molecule has 0 unspecified atom stereocenters. The van der Waals surface area contributed by atoms with Gasteiger partial charge < -0.3 is 15.0 Å². The molecule has 0 radical (unpaired) electrons. The summed E-state index contributed by atoms with van der Waals surface area (Å²) in [5.74, 6) is 0.264. The normalized spacial score (nSPS) is 16.4. The number of nitrogens with zero attached hydrogens (tertiary/aromatic N) is 1. The average Bonchev–Trinajstić information content (AvgIpc) is 3.06. The van der Waals surface area contributed by atoms with E-state index in [9.17, 15) is 9.59 Å². The van der Waals surface area contributed by atoms with Crippen LogP contribution in [0.1, 0.15) is 26.2 Å². The molecule has 0 aliphatic carbocycles. The van der Waals surface area contributed by atoms with Crippen LogP contribution in [0.4, 0.5) is 11.4 Å². The van der Waals surface area contributed by atoms with Crippen LogP contribution in [-0.2, 0) is 9.59 Å². The number of unbranched alkanes of at least 4 members (excludes halogenated alkanes) is 1. The molecule has 1 heterocycles. The fraction of sp³-hybridized carbons (Fsp3) is 0.333. The summed E-state index contributed by atoms with van der Waals surface area (Å²) in [6, 6.07) is 14.9. The molecule has 1 fully saturated rings. The number of rotatable bonds is 7. The topological polar surface area (TPSA) is 58.6 Å². The Hall–Kier alpha value is -2.34. The number of ether oxygens (including phenoxy) is 1. The van der Waals surface area contributed by atoms with Gasteiger partial charge in [0.25, 0.3) is 0 Å². The highest BCUT2D eigenvalue weighted by atomic mass is 79.9. The van der Waals surface area contributed by atoms with Gasteiger partial charge in [-0.05, 0) is 55.0 Å². The molecular formula is C21H23BrN2O3. The molecule has 2 aromatic carbocycles. The Balaban J connectivity index is 1.57. The third kappa shape index (κ3) is 5.10. The second-order valence-electron chi connectivity index (χ2n) is 6.60. The highest BCUT2D eigenvalue weighted by Gasteiger charge is 2.35. The smallest absolute Gasteiger partial charge is 0.229 e. The summed E-state index contributed by atoms with van der Waals surface area (Å²) in [5, 5.41) is 2.90. The third-order valence-electron chi connectivity index (χ3n) is 4.52. The molecule has 6 heteroatoms. The molecule has 0 bridgehead atoms. The van der Waals surface area contributed by atoms with Crippen LogP contribution in [0.3, 0.4) is 0 Å². The van der Waals surface area contributed by atoms with E-state index in [2.05, 4.69) is 28.2 Å². The third-order valence-corrected chi connectivity index (χ3v) is 5.05. The molecule has 0 spiro atoms. The van der Waals surface area contributed by atoms with E-state index in [1.54, 1.807) is 4.90 Å². The van der Waals surface area contributed by atoms with Crippen molar-refractivity contribution in [1.29, 1.82) is 0 Å². The second-order valence-corrected chi connectivity index (χ2v) is 7.51. The Morgan fingerprint density at radius 3 is 2.56 bits per heavy atom. The van der Waals surface area contributed by atoms with Crippen LogP contribution in [-0.4, -0.2) is 25.0 Å². The quantitative estimate of drug-likeness (QED) is 0.651. The first-order chi connectivity index (χ1) is 13.1. The zero-order chi connectivity index (χ0) is 19.2. The van der Waals surface area contributed by atoms with Gasteiger partial charge >= 0.3 is 0 Å². The van der Waals surface area contributed by atoms with Crippen molar-refractivity contribution in [1.82, 2.24) is 0 Å². The zero-order valence-electron chi connectivity index (χ0n) is 15.3. The van der Waals surface area contributed by atoms with Gasteiger partial charge in [-0.1, -0.05) is 29.3 Å². The van der Waals surface area contributed by atoms with E-state index in [-0.39, 0.29) is 24.2 Å². The summed E-state index contributed by atoms with van der Waals surface area (Å²) in [7, 11) is 0. The molecule has 1 saturated heterocycles. The first-order valence-electron chi connectivity index (χ1n) is 9.16. The number of halogens is 1. The predicted molar refractivity (Wildman–Crippen MR) is 110 cm³/mol. The van der Waals surface area contributed by atoms with Crippen LogP contribution >= 0.6 is 15.9 Å². The lowest BCUT2D eigenvalue weighted by atomic mass is 10.1. The molecule has 2 amide bonds. The molecule has 1 atom stereocenters. The van der Waals surface area contributed by atoms with E-state index < -0.39 is 0 Å². The largest absolute Gasteiger partial charge is 0.494 e. The number of nitrogens with one attached hydrogen (secondary N) is 1. The van der Waals surface area contributed by atoms with E-state index in [1.807, 2.05) is 48.5 Å². The molecule has 27 heavy (non-hydrogen) atoms. The van der Waals surface area contributed by atoms with Gasteiger partial charge in [0.1, 0.15) is 5.75 Å². The van der Waals surface area contributed by atoms with E-state index in [1.165, 1.54) is 0 Å². The van der Waals surface area contributed by atoms with Crippen molar-refractivity contribution in [2.75, 3.05) is 23.4 Å². The molecule has 1 aliphatic heterocycles. The Morgan fingerprint density at radius 2 is 1.89 bits per heavy atom.